The van der Waals surface area contributed by atoms with Crippen LogP contribution in [0.2, 0.25) is 0 Å². The number of amides is 2. The SMILES string of the molecule is COC[C@@H]1CCCN1C[C@H]1O[C@@H](c2ccc(CNC(=O)NCc3ccccc3)cc2)O[C@@H](c2ccc(CO)cc2)[C@H]1C. The van der Waals surface area contributed by atoms with Gasteiger partial charge in [0.2, 0.25) is 0 Å². The predicted octanol–water partition coefficient (Wildman–Crippen LogP) is 5.08. The third-order valence-corrected chi connectivity index (χ3v) is 8.40. The van der Waals surface area contributed by atoms with Gasteiger partial charge in [-0.1, -0.05) is 85.8 Å². The molecule has 0 unspecified atom stereocenters. The minimum atomic E-state index is -0.520. The molecule has 0 bridgehead atoms. The summed E-state index contributed by atoms with van der Waals surface area (Å²) < 4.78 is 18.8. The van der Waals surface area contributed by atoms with E-state index < -0.39 is 6.29 Å². The van der Waals surface area contributed by atoms with Gasteiger partial charge >= 0.3 is 6.03 Å². The van der Waals surface area contributed by atoms with Gasteiger partial charge in [0, 0.05) is 44.3 Å². The second-order valence-electron chi connectivity index (χ2n) is 11.3. The molecule has 2 amide bonds. The van der Waals surface area contributed by atoms with Gasteiger partial charge in [0.25, 0.3) is 0 Å². The monoisotopic (exact) mass is 573 g/mol. The van der Waals surface area contributed by atoms with E-state index in [2.05, 4.69) is 22.5 Å². The maximum absolute atomic E-state index is 12.3. The Morgan fingerprint density at radius 3 is 2.21 bits per heavy atom. The lowest BCUT2D eigenvalue weighted by Crippen LogP contribution is -2.46. The molecule has 0 spiro atoms. The van der Waals surface area contributed by atoms with Crippen molar-refractivity contribution in [2.45, 2.75) is 64.0 Å². The maximum atomic E-state index is 12.3. The van der Waals surface area contributed by atoms with Crippen molar-refractivity contribution in [3.05, 3.63) is 107 Å². The first kappa shape index (κ1) is 30.2. The number of ether oxygens (including phenoxy) is 3. The first-order valence-electron chi connectivity index (χ1n) is 14.9. The topological polar surface area (TPSA) is 92.3 Å². The molecule has 8 heteroatoms. The number of hydrogen-bond acceptors (Lipinski definition) is 6. The summed E-state index contributed by atoms with van der Waals surface area (Å²) >= 11 is 0. The van der Waals surface area contributed by atoms with Gasteiger partial charge in [-0.3, -0.25) is 4.90 Å². The summed E-state index contributed by atoms with van der Waals surface area (Å²) in [7, 11) is 1.77. The molecule has 3 aromatic rings. The van der Waals surface area contributed by atoms with Crippen LogP contribution in [0, 0.1) is 5.92 Å². The molecule has 2 aliphatic heterocycles. The zero-order chi connectivity index (χ0) is 29.3. The number of nitrogens with one attached hydrogen (secondary N) is 2. The highest BCUT2D eigenvalue weighted by Gasteiger charge is 2.40. The lowest BCUT2D eigenvalue weighted by atomic mass is 9.90. The molecule has 0 radical (unpaired) electrons. The van der Waals surface area contributed by atoms with Crippen LogP contribution in [-0.2, 0) is 33.9 Å². The lowest BCUT2D eigenvalue weighted by molar-refractivity contribution is -0.276. The largest absolute Gasteiger partial charge is 0.392 e. The van der Waals surface area contributed by atoms with Gasteiger partial charge in [0.15, 0.2) is 6.29 Å². The Kier molecular flexibility index (Phi) is 10.6. The molecule has 5 rings (SSSR count). The minimum Gasteiger partial charge on any atom is -0.392 e. The summed E-state index contributed by atoms with van der Waals surface area (Å²) in [5.74, 6) is 0.128. The third kappa shape index (κ3) is 7.76. The van der Waals surface area contributed by atoms with Crippen molar-refractivity contribution in [2.75, 3.05) is 26.8 Å². The van der Waals surface area contributed by atoms with Gasteiger partial charge in [-0.2, -0.15) is 0 Å². The first-order valence-corrected chi connectivity index (χ1v) is 14.9. The van der Waals surface area contributed by atoms with Crippen LogP contribution in [0.1, 0.15) is 60.0 Å². The van der Waals surface area contributed by atoms with Crippen LogP contribution in [0.15, 0.2) is 78.9 Å². The number of likely N-dealkylation sites (tertiary alicyclic amines) is 1. The summed E-state index contributed by atoms with van der Waals surface area (Å²) in [6, 6.07) is 26.1. The van der Waals surface area contributed by atoms with Crippen molar-refractivity contribution in [3.63, 3.8) is 0 Å². The first-order chi connectivity index (χ1) is 20.5. The molecule has 8 nitrogen and oxygen atoms in total. The average molecular weight is 574 g/mol. The maximum Gasteiger partial charge on any atom is 0.315 e. The van der Waals surface area contributed by atoms with Gasteiger partial charge in [-0.25, -0.2) is 4.79 Å². The van der Waals surface area contributed by atoms with Crippen LogP contribution in [0.4, 0.5) is 4.79 Å². The van der Waals surface area contributed by atoms with Crippen molar-refractivity contribution in [3.8, 4) is 0 Å². The minimum absolute atomic E-state index is 0.0153. The van der Waals surface area contributed by atoms with E-state index in [0.717, 1.165) is 53.9 Å². The number of rotatable bonds is 11. The smallest absolute Gasteiger partial charge is 0.315 e. The highest BCUT2D eigenvalue weighted by molar-refractivity contribution is 5.73. The molecule has 42 heavy (non-hydrogen) atoms. The van der Waals surface area contributed by atoms with Crippen molar-refractivity contribution in [2.24, 2.45) is 5.92 Å². The molecule has 0 saturated carbocycles. The van der Waals surface area contributed by atoms with Gasteiger partial charge in [0.05, 0.1) is 25.4 Å². The number of urea groups is 1. The van der Waals surface area contributed by atoms with Gasteiger partial charge in [0.1, 0.15) is 0 Å². The second-order valence-corrected chi connectivity index (χ2v) is 11.3. The van der Waals surface area contributed by atoms with Crippen molar-refractivity contribution >= 4 is 6.03 Å². The van der Waals surface area contributed by atoms with Crippen LogP contribution < -0.4 is 10.6 Å². The molecule has 0 aliphatic carbocycles. The highest BCUT2D eigenvalue weighted by Crippen LogP contribution is 2.42. The molecule has 3 aromatic carbocycles. The zero-order valence-corrected chi connectivity index (χ0v) is 24.6. The molecule has 2 fully saturated rings. The van der Waals surface area contributed by atoms with E-state index in [9.17, 15) is 9.90 Å². The summed E-state index contributed by atoms with van der Waals surface area (Å²) in [5.41, 5.74) is 4.94. The fourth-order valence-electron chi connectivity index (χ4n) is 5.89. The Morgan fingerprint density at radius 2 is 1.55 bits per heavy atom. The summed E-state index contributed by atoms with van der Waals surface area (Å²) in [6.45, 7) is 5.71. The number of aliphatic hydroxyl groups is 1. The normalized spacial score (nSPS) is 24.4. The molecule has 2 heterocycles. The Morgan fingerprint density at radius 1 is 0.905 bits per heavy atom. The summed E-state index contributed by atoms with van der Waals surface area (Å²) in [4.78, 5) is 14.8. The van der Waals surface area contributed by atoms with Crippen molar-refractivity contribution < 1.29 is 24.1 Å². The average Bonchev–Trinajstić information content (AvgIpc) is 3.47. The fourth-order valence-corrected chi connectivity index (χ4v) is 5.89. The lowest BCUT2D eigenvalue weighted by Gasteiger charge is -2.43. The third-order valence-electron chi connectivity index (χ3n) is 8.40. The van der Waals surface area contributed by atoms with Crippen LogP contribution in [-0.4, -0.2) is 55.0 Å². The summed E-state index contributed by atoms with van der Waals surface area (Å²) in [5, 5.41) is 15.3. The van der Waals surface area contributed by atoms with E-state index in [1.54, 1.807) is 7.11 Å². The van der Waals surface area contributed by atoms with E-state index in [0.29, 0.717) is 19.1 Å². The van der Waals surface area contributed by atoms with E-state index in [1.807, 2.05) is 78.9 Å². The van der Waals surface area contributed by atoms with Gasteiger partial charge in [-0.15, -0.1) is 0 Å². The molecule has 2 saturated heterocycles. The Bertz CT molecular complexity index is 1250. The predicted molar refractivity (Wildman–Crippen MR) is 161 cm³/mol. The molecule has 0 aromatic heterocycles. The van der Waals surface area contributed by atoms with Crippen LogP contribution >= 0.6 is 0 Å². The van der Waals surface area contributed by atoms with E-state index >= 15 is 0 Å². The highest BCUT2D eigenvalue weighted by atomic mass is 16.7. The molecule has 2 aliphatic rings. The number of methoxy groups -OCH3 is 1. The zero-order valence-electron chi connectivity index (χ0n) is 24.6. The van der Waals surface area contributed by atoms with Crippen LogP contribution in [0.3, 0.4) is 0 Å². The van der Waals surface area contributed by atoms with Gasteiger partial charge < -0.3 is 30.0 Å². The standard InChI is InChI=1S/C34H43N3O5/c1-24-31(21-37-18-6-9-30(37)23-40-2)41-33(42-32(24)28-14-12-27(22-38)13-15-28)29-16-10-26(11-17-29)20-36-34(39)35-19-25-7-4-3-5-8-25/h3-5,7-8,10-17,24,30-33,38H,6,9,18-23H2,1-2H3,(H2,35,36,39)/t24-,30-,31+,32+,33+/m0/s1. The van der Waals surface area contributed by atoms with Crippen LogP contribution in [0.25, 0.3) is 0 Å². The van der Waals surface area contributed by atoms with E-state index in [1.165, 1.54) is 6.42 Å². The Hall–Kier alpha value is -3.27. The van der Waals surface area contributed by atoms with E-state index in [4.69, 9.17) is 14.2 Å². The molecule has 3 N–H and O–H groups in total. The molecular weight excluding hydrogens is 530 g/mol. The molecule has 224 valence electrons. The fraction of sp³-hybridized carbons (Fsp3) is 0.441. The number of carbonyl (C=O) groups excluding carboxylic acids is 1. The van der Waals surface area contributed by atoms with E-state index in [-0.39, 0.29) is 30.8 Å². The Balaban J connectivity index is 1.25. The summed E-state index contributed by atoms with van der Waals surface area (Å²) in [6.07, 6.45) is 1.60. The van der Waals surface area contributed by atoms with Crippen molar-refractivity contribution in [1.29, 1.82) is 0 Å². The number of aliphatic hydroxyl groups excluding tert-OH is 1. The second kappa shape index (κ2) is 14.8. The number of nitrogens with zero attached hydrogens (tertiary/aromatic N) is 1. The quantitative estimate of drug-likeness (QED) is 0.296. The Labute approximate surface area is 249 Å². The van der Waals surface area contributed by atoms with Crippen molar-refractivity contribution in [1.82, 2.24) is 15.5 Å². The molecule has 5 atom stereocenters. The van der Waals surface area contributed by atoms with Crippen LogP contribution in [0.5, 0.6) is 0 Å². The number of hydrogen-bond donors (Lipinski definition) is 3. The number of carbonyl (C=O) groups is 1. The molecular formula is C34H43N3O5. The van der Waals surface area contributed by atoms with Gasteiger partial charge in [-0.05, 0) is 41.6 Å². The number of benzene rings is 3.